The lowest BCUT2D eigenvalue weighted by atomic mass is 10.3. The fourth-order valence-electron chi connectivity index (χ4n) is 2.25. The van der Waals surface area contributed by atoms with Gasteiger partial charge in [0.15, 0.2) is 11.6 Å². The van der Waals surface area contributed by atoms with E-state index in [0.717, 1.165) is 11.8 Å². The molecule has 2 aromatic rings. The third-order valence-electron chi connectivity index (χ3n) is 3.35. The summed E-state index contributed by atoms with van der Waals surface area (Å²) in [6.07, 6.45) is 1.31. The highest BCUT2D eigenvalue weighted by Gasteiger charge is 2.17. The van der Waals surface area contributed by atoms with Gasteiger partial charge in [-0.25, -0.2) is 9.38 Å². The maximum absolute atomic E-state index is 14.0. The summed E-state index contributed by atoms with van der Waals surface area (Å²) in [7, 11) is 0. The van der Waals surface area contributed by atoms with Gasteiger partial charge in [-0.1, -0.05) is 18.2 Å². The zero-order valence-electron chi connectivity index (χ0n) is 13.3. The molecule has 8 heteroatoms. The predicted molar refractivity (Wildman–Crippen MR) is 91.9 cm³/mol. The number of non-ortho nitro benzene ring substituents is 1. The van der Waals surface area contributed by atoms with E-state index in [1.807, 2.05) is 37.3 Å². The zero-order chi connectivity index (χ0) is 17.8. The normalized spacial score (nSPS) is 16.3. The van der Waals surface area contributed by atoms with Crippen molar-refractivity contribution in [1.82, 2.24) is 5.32 Å². The maximum Gasteiger partial charge on any atom is 0.272 e. The van der Waals surface area contributed by atoms with Crippen molar-refractivity contribution in [3.63, 3.8) is 0 Å². The summed E-state index contributed by atoms with van der Waals surface area (Å²) in [5.74, 6) is -0.119. The van der Waals surface area contributed by atoms with Crippen molar-refractivity contribution in [3.8, 4) is 5.75 Å². The highest BCUT2D eigenvalue weighted by molar-refractivity contribution is 5.91. The van der Waals surface area contributed by atoms with Gasteiger partial charge in [0.1, 0.15) is 12.0 Å². The predicted octanol–water partition coefficient (Wildman–Crippen LogP) is 3.41. The Labute approximate surface area is 143 Å². The third kappa shape index (κ3) is 4.11. The molecular weight excluding hydrogens is 327 g/mol. The molecular formula is C17H15FN4O3. The number of anilines is 1. The summed E-state index contributed by atoms with van der Waals surface area (Å²) in [5, 5.41) is 17.0. The summed E-state index contributed by atoms with van der Waals surface area (Å²) >= 11 is 0. The minimum Gasteiger partial charge on any atom is -0.436 e. The van der Waals surface area contributed by atoms with Crippen LogP contribution >= 0.6 is 0 Å². The minimum atomic E-state index is -0.825. The lowest BCUT2D eigenvalue weighted by Gasteiger charge is -2.22. The second-order valence-electron chi connectivity index (χ2n) is 5.31. The van der Waals surface area contributed by atoms with Crippen LogP contribution in [0, 0.1) is 15.9 Å². The lowest BCUT2D eigenvalue weighted by Crippen LogP contribution is -2.34. The van der Waals surface area contributed by atoms with Crippen LogP contribution in [0.2, 0.25) is 0 Å². The Balaban J connectivity index is 1.78. The van der Waals surface area contributed by atoms with Crippen molar-refractivity contribution in [3.05, 3.63) is 76.4 Å². The van der Waals surface area contributed by atoms with Crippen molar-refractivity contribution in [2.45, 2.75) is 13.1 Å². The van der Waals surface area contributed by atoms with Gasteiger partial charge < -0.3 is 15.4 Å². The molecule has 0 saturated carbocycles. The summed E-state index contributed by atoms with van der Waals surface area (Å²) in [6.45, 7) is 1.81. The van der Waals surface area contributed by atoms with Crippen molar-refractivity contribution < 1.29 is 14.1 Å². The van der Waals surface area contributed by atoms with Gasteiger partial charge in [-0.05, 0) is 25.1 Å². The van der Waals surface area contributed by atoms with Gasteiger partial charge >= 0.3 is 0 Å². The Morgan fingerprint density at radius 1 is 1.28 bits per heavy atom. The summed E-state index contributed by atoms with van der Waals surface area (Å²) in [6, 6.07) is 12.7. The number of rotatable bonds is 4. The van der Waals surface area contributed by atoms with Crippen LogP contribution in [0.1, 0.15) is 6.92 Å². The number of hydrogen-bond acceptors (Lipinski definition) is 6. The number of para-hydroxylation sites is 1. The van der Waals surface area contributed by atoms with E-state index in [9.17, 15) is 14.5 Å². The monoisotopic (exact) mass is 342 g/mol. The van der Waals surface area contributed by atoms with Crippen molar-refractivity contribution in [1.29, 1.82) is 0 Å². The van der Waals surface area contributed by atoms with E-state index in [-0.39, 0.29) is 23.5 Å². The van der Waals surface area contributed by atoms with E-state index >= 15 is 0 Å². The number of nitrogens with one attached hydrogen (secondary N) is 2. The average molecular weight is 342 g/mol. The molecule has 0 aromatic heterocycles. The molecule has 7 nitrogen and oxygen atoms in total. The number of halogens is 1. The van der Waals surface area contributed by atoms with E-state index in [1.54, 1.807) is 6.08 Å². The molecule has 0 radical (unpaired) electrons. The molecule has 0 fully saturated rings. The van der Waals surface area contributed by atoms with E-state index in [4.69, 9.17) is 4.74 Å². The summed E-state index contributed by atoms with van der Waals surface area (Å²) < 4.78 is 19.4. The zero-order valence-corrected chi connectivity index (χ0v) is 13.3. The van der Waals surface area contributed by atoms with Crippen LogP contribution in [-0.2, 0) is 0 Å². The van der Waals surface area contributed by atoms with E-state index in [1.165, 1.54) is 12.1 Å². The second-order valence-corrected chi connectivity index (χ2v) is 5.31. The number of benzene rings is 2. The number of aliphatic imine (C=N–C) groups is 1. The molecule has 0 saturated heterocycles. The topological polar surface area (TPSA) is 88.8 Å². The van der Waals surface area contributed by atoms with Crippen LogP contribution in [0.25, 0.3) is 0 Å². The van der Waals surface area contributed by atoms with Gasteiger partial charge in [0.2, 0.25) is 5.90 Å². The lowest BCUT2D eigenvalue weighted by molar-refractivity contribution is -0.385. The Morgan fingerprint density at radius 3 is 2.72 bits per heavy atom. The molecule has 3 rings (SSSR count). The van der Waals surface area contributed by atoms with Gasteiger partial charge in [-0.3, -0.25) is 10.1 Å². The van der Waals surface area contributed by atoms with Crippen LogP contribution in [0.4, 0.5) is 15.8 Å². The van der Waals surface area contributed by atoms with Gasteiger partial charge in [-0.15, -0.1) is 0 Å². The quantitative estimate of drug-likeness (QED) is 0.656. The van der Waals surface area contributed by atoms with Crippen molar-refractivity contribution in [2.75, 3.05) is 5.32 Å². The average Bonchev–Trinajstić information content (AvgIpc) is 2.57. The molecule has 1 aliphatic heterocycles. The first-order valence-electron chi connectivity index (χ1n) is 7.51. The number of nitro benzene ring substituents is 1. The molecule has 0 bridgehead atoms. The Kier molecular flexibility index (Phi) is 4.60. The highest BCUT2D eigenvalue weighted by atomic mass is 19.1. The minimum absolute atomic E-state index is 0.131. The van der Waals surface area contributed by atoms with Crippen LogP contribution < -0.4 is 15.4 Å². The molecule has 2 aromatic carbocycles. The first kappa shape index (κ1) is 16.4. The fraction of sp³-hybridized carbons (Fsp3) is 0.118. The number of hydrogen-bond donors (Lipinski definition) is 2. The van der Waals surface area contributed by atoms with Crippen molar-refractivity contribution in [2.24, 2.45) is 4.99 Å². The third-order valence-corrected chi connectivity index (χ3v) is 3.35. The van der Waals surface area contributed by atoms with E-state index < -0.39 is 10.7 Å². The molecule has 1 atom stereocenters. The summed E-state index contributed by atoms with van der Waals surface area (Å²) in [5.41, 5.74) is 0.531. The van der Waals surface area contributed by atoms with Crippen LogP contribution in [0.15, 0.2) is 65.4 Å². The van der Waals surface area contributed by atoms with Gasteiger partial charge in [0, 0.05) is 17.8 Å². The van der Waals surface area contributed by atoms with Gasteiger partial charge in [0.05, 0.1) is 11.0 Å². The Morgan fingerprint density at radius 2 is 2.04 bits per heavy atom. The first-order chi connectivity index (χ1) is 12.0. The van der Waals surface area contributed by atoms with Crippen molar-refractivity contribution >= 4 is 17.3 Å². The number of nitrogens with zero attached hydrogens (tertiary/aromatic N) is 2. The number of ether oxygens (including phenoxy) is 1. The Bertz CT molecular complexity index is 852. The molecule has 2 N–H and O–H groups in total. The molecule has 25 heavy (non-hydrogen) atoms. The first-order valence-corrected chi connectivity index (χ1v) is 7.51. The maximum atomic E-state index is 14.0. The molecule has 0 amide bonds. The highest BCUT2D eigenvalue weighted by Crippen LogP contribution is 2.23. The van der Waals surface area contributed by atoms with Crippen LogP contribution in [0.3, 0.4) is 0 Å². The van der Waals surface area contributed by atoms with Gasteiger partial charge in [0.25, 0.3) is 5.69 Å². The SMILES string of the molecule is CC1N=C(Oc2ccc([N+](=O)[O-])cc2F)C=C(Nc2ccccc2)N1. The van der Waals surface area contributed by atoms with E-state index in [2.05, 4.69) is 15.6 Å². The van der Waals surface area contributed by atoms with Gasteiger partial charge in [-0.2, -0.15) is 0 Å². The molecule has 1 unspecified atom stereocenters. The molecule has 0 spiro atoms. The Hall–Kier alpha value is -3.42. The van der Waals surface area contributed by atoms with E-state index in [0.29, 0.717) is 5.82 Å². The number of nitro groups is 1. The fourth-order valence-corrected chi connectivity index (χ4v) is 2.25. The van der Waals surface area contributed by atoms with Crippen LogP contribution in [-0.4, -0.2) is 17.0 Å². The largest absolute Gasteiger partial charge is 0.436 e. The molecule has 128 valence electrons. The molecule has 1 aliphatic rings. The molecule has 0 aliphatic carbocycles. The second kappa shape index (κ2) is 7.00. The summed E-state index contributed by atoms with van der Waals surface area (Å²) in [4.78, 5) is 14.2. The standard InChI is InChI=1S/C17H15FN4O3/c1-11-19-16(21-12-5-3-2-4-6-12)10-17(20-11)25-15-8-7-13(22(23)24)9-14(15)18/h2-11,19,21H,1H3. The smallest absolute Gasteiger partial charge is 0.272 e. The van der Waals surface area contributed by atoms with Crippen LogP contribution in [0.5, 0.6) is 5.75 Å². The molecule has 1 heterocycles.